The SMILES string of the molecule is COc1c(C(C)C)cc2nc(Br)sc2c1C(C)C. The quantitative estimate of drug-likeness (QED) is 0.761. The van der Waals surface area contributed by atoms with E-state index in [2.05, 4.69) is 54.7 Å². The number of halogens is 1. The van der Waals surface area contributed by atoms with E-state index in [0.29, 0.717) is 11.8 Å². The fraction of sp³-hybridized carbons (Fsp3) is 0.500. The van der Waals surface area contributed by atoms with E-state index in [4.69, 9.17) is 4.74 Å². The molecule has 1 aromatic carbocycles. The lowest BCUT2D eigenvalue weighted by Gasteiger charge is -2.18. The highest BCUT2D eigenvalue weighted by atomic mass is 79.9. The van der Waals surface area contributed by atoms with Crippen molar-refractivity contribution in [3.8, 4) is 5.75 Å². The summed E-state index contributed by atoms with van der Waals surface area (Å²) in [6.45, 7) is 8.79. The molecule has 0 saturated heterocycles. The number of fused-ring (bicyclic) bond motifs is 1. The second-order valence-electron chi connectivity index (χ2n) is 5.04. The molecule has 2 aromatic rings. The molecule has 0 unspecified atom stereocenters. The smallest absolute Gasteiger partial charge is 0.160 e. The maximum atomic E-state index is 5.68. The maximum absolute atomic E-state index is 5.68. The van der Waals surface area contributed by atoms with Crippen LogP contribution in [-0.2, 0) is 0 Å². The van der Waals surface area contributed by atoms with Crippen LogP contribution in [0.15, 0.2) is 9.98 Å². The largest absolute Gasteiger partial charge is 0.496 e. The monoisotopic (exact) mass is 327 g/mol. The van der Waals surface area contributed by atoms with Crippen LogP contribution in [-0.4, -0.2) is 12.1 Å². The van der Waals surface area contributed by atoms with Crippen molar-refractivity contribution in [1.29, 1.82) is 0 Å². The lowest BCUT2D eigenvalue weighted by molar-refractivity contribution is 0.401. The Labute approximate surface area is 121 Å². The molecule has 2 nitrogen and oxygen atoms in total. The molecule has 0 aliphatic carbocycles. The summed E-state index contributed by atoms with van der Waals surface area (Å²) in [6, 6.07) is 2.16. The second-order valence-corrected chi connectivity index (χ2v) is 7.31. The molecular formula is C14H18BrNOS. The standard InChI is InChI=1S/C14H18BrNOS/c1-7(2)9-6-10-13(18-14(15)16-10)11(8(3)4)12(9)17-5/h6-8H,1-5H3. The zero-order chi connectivity index (χ0) is 13.4. The molecule has 2 rings (SSSR count). The van der Waals surface area contributed by atoms with E-state index in [1.807, 2.05) is 0 Å². The lowest BCUT2D eigenvalue weighted by Crippen LogP contribution is -2.01. The zero-order valence-electron chi connectivity index (χ0n) is 11.4. The number of rotatable bonds is 3. The number of hydrogen-bond acceptors (Lipinski definition) is 3. The van der Waals surface area contributed by atoms with Gasteiger partial charge in [0, 0.05) is 5.56 Å². The van der Waals surface area contributed by atoms with Gasteiger partial charge in [-0.2, -0.15) is 0 Å². The first-order valence-corrected chi connectivity index (χ1v) is 7.73. The van der Waals surface area contributed by atoms with Crippen LogP contribution >= 0.6 is 27.3 Å². The molecule has 0 bridgehead atoms. The van der Waals surface area contributed by atoms with Crippen molar-refractivity contribution in [3.63, 3.8) is 0 Å². The Morgan fingerprint density at radius 3 is 2.39 bits per heavy atom. The summed E-state index contributed by atoms with van der Waals surface area (Å²) in [7, 11) is 1.76. The van der Waals surface area contributed by atoms with Gasteiger partial charge >= 0.3 is 0 Å². The van der Waals surface area contributed by atoms with Crippen LogP contribution in [0.2, 0.25) is 0 Å². The van der Waals surface area contributed by atoms with Crippen molar-refractivity contribution < 1.29 is 4.74 Å². The molecular weight excluding hydrogens is 310 g/mol. The molecule has 1 heterocycles. The van der Waals surface area contributed by atoms with Crippen LogP contribution in [0.4, 0.5) is 0 Å². The van der Waals surface area contributed by atoms with Crippen molar-refractivity contribution in [2.75, 3.05) is 7.11 Å². The lowest BCUT2D eigenvalue weighted by atomic mass is 9.93. The summed E-state index contributed by atoms with van der Waals surface area (Å²) in [6.07, 6.45) is 0. The molecule has 0 aliphatic heterocycles. The summed E-state index contributed by atoms with van der Waals surface area (Å²) >= 11 is 5.17. The first-order valence-electron chi connectivity index (χ1n) is 6.12. The molecule has 0 spiro atoms. The minimum Gasteiger partial charge on any atom is -0.496 e. The van der Waals surface area contributed by atoms with Crippen LogP contribution in [0, 0.1) is 0 Å². The van der Waals surface area contributed by atoms with Crippen LogP contribution in [0.1, 0.15) is 50.7 Å². The van der Waals surface area contributed by atoms with E-state index in [1.54, 1.807) is 18.4 Å². The summed E-state index contributed by atoms with van der Waals surface area (Å²) < 4.78 is 7.85. The number of ether oxygens (including phenoxy) is 1. The topological polar surface area (TPSA) is 22.1 Å². The van der Waals surface area contributed by atoms with E-state index < -0.39 is 0 Å². The maximum Gasteiger partial charge on any atom is 0.160 e. The third-order valence-electron chi connectivity index (χ3n) is 3.07. The van der Waals surface area contributed by atoms with Crippen molar-refractivity contribution in [2.45, 2.75) is 39.5 Å². The zero-order valence-corrected chi connectivity index (χ0v) is 13.8. The molecule has 0 radical (unpaired) electrons. The third-order valence-corrected chi connectivity index (χ3v) is 4.63. The number of thiazole rings is 1. The Morgan fingerprint density at radius 1 is 1.22 bits per heavy atom. The van der Waals surface area contributed by atoms with E-state index in [0.717, 1.165) is 15.2 Å². The highest BCUT2D eigenvalue weighted by molar-refractivity contribution is 9.11. The van der Waals surface area contributed by atoms with Crippen LogP contribution in [0.5, 0.6) is 5.75 Å². The summed E-state index contributed by atoms with van der Waals surface area (Å²) in [5, 5.41) is 0. The van der Waals surface area contributed by atoms with Crippen molar-refractivity contribution in [1.82, 2.24) is 4.98 Å². The minimum atomic E-state index is 0.425. The summed E-state index contributed by atoms with van der Waals surface area (Å²) in [4.78, 5) is 4.55. The average molecular weight is 328 g/mol. The summed E-state index contributed by atoms with van der Waals surface area (Å²) in [5.74, 6) is 1.89. The van der Waals surface area contributed by atoms with Crippen molar-refractivity contribution in [2.24, 2.45) is 0 Å². The number of nitrogens with zero attached hydrogens (tertiary/aromatic N) is 1. The molecule has 0 atom stereocenters. The highest BCUT2D eigenvalue weighted by Gasteiger charge is 2.20. The number of methoxy groups -OCH3 is 1. The van der Waals surface area contributed by atoms with Gasteiger partial charge in [-0.15, -0.1) is 11.3 Å². The van der Waals surface area contributed by atoms with E-state index in [-0.39, 0.29) is 0 Å². The Morgan fingerprint density at radius 2 is 1.89 bits per heavy atom. The predicted molar refractivity (Wildman–Crippen MR) is 82.1 cm³/mol. The van der Waals surface area contributed by atoms with Gasteiger partial charge in [-0.05, 0) is 39.4 Å². The predicted octanol–water partition coefficient (Wildman–Crippen LogP) is 5.31. The third kappa shape index (κ3) is 2.28. The van der Waals surface area contributed by atoms with Gasteiger partial charge in [-0.1, -0.05) is 27.7 Å². The normalized spacial score (nSPS) is 11.8. The van der Waals surface area contributed by atoms with Crippen LogP contribution in [0.25, 0.3) is 10.2 Å². The Kier molecular flexibility index (Phi) is 3.97. The van der Waals surface area contributed by atoms with Gasteiger partial charge in [0.05, 0.1) is 17.3 Å². The molecule has 0 N–H and O–H groups in total. The van der Waals surface area contributed by atoms with Gasteiger partial charge in [-0.3, -0.25) is 0 Å². The van der Waals surface area contributed by atoms with Crippen LogP contribution < -0.4 is 4.74 Å². The highest BCUT2D eigenvalue weighted by Crippen LogP contribution is 2.42. The first kappa shape index (κ1) is 13.8. The average Bonchev–Trinajstić information content (AvgIpc) is 2.65. The molecule has 0 fully saturated rings. The number of hydrogen-bond donors (Lipinski definition) is 0. The molecule has 0 saturated carbocycles. The van der Waals surface area contributed by atoms with Crippen molar-refractivity contribution in [3.05, 3.63) is 21.1 Å². The minimum absolute atomic E-state index is 0.425. The van der Waals surface area contributed by atoms with Gasteiger partial charge in [-0.25, -0.2) is 4.98 Å². The van der Waals surface area contributed by atoms with E-state index in [1.165, 1.54) is 15.8 Å². The van der Waals surface area contributed by atoms with Crippen LogP contribution in [0.3, 0.4) is 0 Å². The molecule has 1 aromatic heterocycles. The van der Waals surface area contributed by atoms with Gasteiger partial charge in [0.15, 0.2) is 3.92 Å². The van der Waals surface area contributed by atoms with Gasteiger partial charge in [0.2, 0.25) is 0 Å². The van der Waals surface area contributed by atoms with E-state index >= 15 is 0 Å². The fourth-order valence-corrected chi connectivity index (χ4v) is 3.88. The Hall–Kier alpha value is -0.610. The number of benzene rings is 1. The molecule has 0 amide bonds. The number of aromatic nitrogens is 1. The summed E-state index contributed by atoms with van der Waals surface area (Å²) in [5.41, 5.74) is 3.59. The fourth-order valence-electron chi connectivity index (χ4n) is 2.25. The Bertz CT molecular complexity index is 575. The van der Waals surface area contributed by atoms with Gasteiger partial charge in [0.25, 0.3) is 0 Å². The molecule has 18 heavy (non-hydrogen) atoms. The van der Waals surface area contributed by atoms with Gasteiger partial charge < -0.3 is 4.74 Å². The molecule has 0 aliphatic rings. The first-order chi connectivity index (χ1) is 8.45. The second kappa shape index (κ2) is 5.17. The Balaban J connectivity index is 2.86. The molecule has 98 valence electrons. The van der Waals surface area contributed by atoms with Crippen molar-refractivity contribution >= 4 is 37.5 Å². The van der Waals surface area contributed by atoms with E-state index in [9.17, 15) is 0 Å². The molecule has 4 heteroatoms. The van der Waals surface area contributed by atoms with Gasteiger partial charge in [0.1, 0.15) is 5.75 Å².